The minimum Gasteiger partial charge on any atom is -0.377 e. The molecule has 1 unspecified atom stereocenters. The third-order valence-electron chi connectivity index (χ3n) is 4.45. The Labute approximate surface area is 125 Å². The van der Waals surface area contributed by atoms with Crippen molar-refractivity contribution in [3.8, 4) is 6.07 Å². The number of rotatable bonds is 5. The number of hydrogen-bond acceptors (Lipinski definition) is 4. The van der Waals surface area contributed by atoms with Crippen molar-refractivity contribution in [2.75, 3.05) is 19.8 Å². The van der Waals surface area contributed by atoms with Gasteiger partial charge in [0.15, 0.2) is 0 Å². The molecule has 2 aliphatic rings. The van der Waals surface area contributed by atoms with Crippen molar-refractivity contribution in [2.24, 2.45) is 5.41 Å². The molecule has 1 aliphatic carbocycles. The Bertz CT molecular complexity index is 450. The van der Waals surface area contributed by atoms with Gasteiger partial charge in [-0.15, -0.1) is 0 Å². The number of carbonyl (C=O) groups is 2. The van der Waals surface area contributed by atoms with E-state index >= 15 is 0 Å². The lowest BCUT2D eigenvalue weighted by Crippen LogP contribution is -2.59. The summed E-state index contributed by atoms with van der Waals surface area (Å²) >= 11 is 0. The summed E-state index contributed by atoms with van der Waals surface area (Å²) in [5.74, 6) is -0.404. The van der Waals surface area contributed by atoms with Crippen LogP contribution < -0.4 is 5.32 Å². The highest BCUT2D eigenvalue weighted by Crippen LogP contribution is 2.30. The zero-order valence-corrected chi connectivity index (χ0v) is 12.7. The SMILES string of the molecule is CCC(C#N)(CC)C(=O)N1CCOCC1C(=O)NC1CC1. The molecule has 6 nitrogen and oxygen atoms in total. The van der Waals surface area contributed by atoms with E-state index in [-0.39, 0.29) is 24.5 Å². The van der Waals surface area contributed by atoms with Gasteiger partial charge in [-0.1, -0.05) is 13.8 Å². The van der Waals surface area contributed by atoms with Gasteiger partial charge in [-0.25, -0.2) is 0 Å². The lowest BCUT2D eigenvalue weighted by Gasteiger charge is -2.38. The molecular formula is C15H23N3O3. The molecule has 1 atom stereocenters. The summed E-state index contributed by atoms with van der Waals surface area (Å²) in [6, 6.07) is 1.79. The van der Waals surface area contributed by atoms with Crippen LogP contribution in [-0.2, 0) is 14.3 Å². The highest BCUT2D eigenvalue weighted by molar-refractivity contribution is 5.92. The molecule has 1 N–H and O–H groups in total. The first kappa shape index (κ1) is 15.8. The fraction of sp³-hybridized carbons (Fsp3) is 0.800. The van der Waals surface area contributed by atoms with Crippen molar-refractivity contribution in [2.45, 2.75) is 51.6 Å². The Balaban J connectivity index is 2.15. The predicted octanol–water partition coefficient (Wildman–Crippen LogP) is 0.822. The zero-order valence-electron chi connectivity index (χ0n) is 12.7. The number of carbonyl (C=O) groups excluding carboxylic acids is 2. The van der Waals surface area contributed by atoms with E-state index in [1.54, 1.807) is 0 Å². The lowest BCUT2D eigenvalue weighted by molar-refractivity contribution is -0.154. The summed E-state index contributed by atoms with van der Waals surface area (Å²) in [4.78, 5) is 26.6. The number of nitrogens with one attached hydrogen (secondary N) is 1. The molecule has 2 rings (SSSR count). The van der Waals surface area contributed by atoms with Gasteiger partial charge < -0.3 is 15.0 Å². The first-order valence-electron chi connectivity index (χ1n) is 7.68. The quantitative estimate of drug-likeness (QED) is 0.813. The van der Waals surface area contributed by atoms with Crippen molar-refractivity contribution >= 4 is 11.8 Å². The van der Waals surface area contributed by atoms with Crippen LogP contribution in [0.3, 0.4) is 0 Å². The predicted molar refractivity (Wildman–Crippen MR) is 76.1 cm³/mol. The monoisotopic (exact) mass is 293 g/mol. The van der Waals surface area contributed by atoms with Gasteiger partial charge in [0.2, 0.25) is 11.8 Å². The molecule has 2 fully saturated rings. The Morgan fingerprint density at radius 2 is 2.05 bits per heavy atom. The molecule has 0 spiro atoms. The fourth-order valence-electron chi connectivity index (χ4n) is 2.62. The molecule has 0 radical (unpaired) electrons. The molecule has 1 heterocycles. The molecule has 1 aliphatic heterocycles. The van der Waals surface area contributed by atoms with Crippen LogP contribution in [0.4, 0.5) is 0 Å². The standard InChI is InChI=1S/C15H23N3O3/c1-3-15(4-2,10-16)14(20)18-7-8-21-9-12(18)13(19)17-11-5-6-11/h11-12H,3-9H2,1-2H3,(H,17,19). The first-order valence-corrected chi connectivity index (χ1v) is 7.68. The summed E-state index contributed by atoms with van der Waals surface area (Å²) in [5, 5.41) is 12.3. The molecule has 1 saturated carbocycles. The van der Waals surface area contributed by atoms with Crippen molar-refractivity contribution in [1.29, 1.82) is 5.26 Å². The van der Waals surface area contributed by atoms with Crippen LogP contribution in [-0.4, -0.2) is 48.6 Å². The number of morpholine rings is 1. The maximum Gasteiger partial charge on any atom is 0.245 e. The van der Waals surface area contributed by atoms with Gasteiger partial charge >= 0.3 is 0 Å². The van der Waals surface area contributed by atoms with Crippen molar-refractivity contribution < 1.29 is 14.3 Å². The summed E-state index contributed by atoms with van der Waals surface area (Å²) in [5.41, 5.74) is -1.03. The van der Waals surface area contributed by atoms with Gasteiger partial charge in [0.1, 0.15) is 11.5 Å². The smallest absolute Gasteiger partial charge is 0.245 e. The maximum absolute atomic E-state index is 12.8. The number of ether oxygens (including phenoxy) is 1. The number of nitrogens with zero attached hydrogens (tertiary/aromatic N) is 2. The zero-order chi connectivity index (χ0) is 15.5. The summed E-state index contributed by atoms with van der Waals surface area (Å²) in [6.45, 7) is 4.66. The third kappa shape index (κ3) is 3.18. The normalized spacial score (nSPS) is 22.5. The second-order valence-electron chi connectivity index (χ2n) is 5.77. The van der Waals surface area contributed by atoms with E-state index in [1.807, 2.05) is 13.8 Å². The second kappa shape index (κ2) is 6.44. The van der Waals surface area contributed by atoms with Crippen LogP contribution in [0.2, 0.25) is 0 Å². The van der Waals surface area contributed by atoms with E-state index in [2.05, 4.69) is 11.4 Å². The number of nitriles is 1. The molecule has 2 amide bonds. The van der Waals surface area contributed by atoms with Crippen LogP contribution in [0.15, 0.2) is 0 Å². The third-order valence-corrected chi connectivity index (χ3v) is 4.45. The summed E-state index contributed by atoms with van der Waals surface area (Å²) in [6.07, 6.45) is 2.90. The van der Waals surface area contributed by atoms with Gasteiger partial charge in [-0.05, 0) is 25.7 Å². The number of amides is 2. The minimum absolute atomic E-state index is 0.162. The van der Waals surface area contributed by atoms with E-state index < -0.39 is 11.5 Å². The van der Waals surface area contributed by atoms with E-state index in [4.69, 9.17) is 4.74 Å². The van der Waals surface area contributed by atoms with E-state index in [0.717, 1.165) is 12.8 Å². The van der Waals surface area contributed by atoms with E-state index in [9.17, 15) is 14.9 Å². The van der Waals surface area contributed by atoms with Gasteiger partial charge in [0.25, 0.3) is 0 Å². The molecule has 1 saturated heterocycles. The van der Waals surface area contributed by atoms with Crippen LogP contribution in [0.25, 0.3) is 0 Å². The Kier molecular flexibility index (Phi) is 4.84. The van der Waals surface area contributed by atoms with E-state index in [0.29, 0.717) is 26.0 Å². The van der Waals surface area contributed by atoms with Gasteiger partial charge in [0.05, 0.1) is 19.3 Å². The van der Waals surface area contributed by atoms with E-state index in [1.165, 1.54) is 4.90 Å². The van der Waals surface area contributed by atoms with Crippen molar-refractivity contribution in [1.82, 2.24) is 10.2 Å². The van der Waals surface area contributed by atoms with Crippen LogP contribution in [0.5, 0.6) is 0 Å². The van der Waals surface area contributed by atoms with Crippen molar-refractivity contribution in [3.05, 3.63) is 0 Å². The molecule has 6 heteroatoms. The van der Waals surface area contributed by atoms with Crippen LogP contribution in [0.1, 0.15) is 39.5 Å². The van der Waals surface area contributed by atoms with Crippen molar-refractivity contribution in [3.63, 3.8) is 0 Å². The first-order chi connectivity index (χ1) is 10.1. The molecular weight excluding hydrogens is 270 g/mol. The summed E-state index contributed by atoms with van der Waals surface area (Å²) in [7, 11) is 0. The Morgan fingerprint density at radius 1 is 1.38 bits per heavy atom. The lowest BCUT2D eigenvalue weighted by atomic mass is 9.82. The minimum atomic E-state index is -1.03. The molecule has 0 bridgehead atoms. The fourth-order valence-corrected chi connectivity index (χ4v) is 2.62. The molecule has 0 aromatic heterocycles. The number of hydrogen-bond donors (Lipinski definition) is 1. The molecule has 116 valence electrons. The average Bonchev–Trinajstić information content (AvgIpc) is 3.33. The Morgan fingerprint density at radius 3 is 2.57 bits per heavy atom. The summed E-state index contributed by atoms with van der Waals surface area (Å²) < 4.78 is 5.36. The molecule has 21 heavy (non-hydrogen) atoms. The molecule has 0 aromatic rings. The highest BCUT2D eigenvalue weighted by atomic mass is 16.5. The average molecular weight is 293 g/mol. The van der Waals surface area contributed by atoms with Crippen LogP contribution >= 0.6 is 0 Å². The van der Waals surface area contributed by atoms with Gasteiger partial charge in [-0.3, -0.25) is 9.59 Å². The second-order valence-corrected chi connectivity index (χ2v) is 5.77. The highest BCUT2D eigenvalue weighted by Gasteiger charge is 2.44. The largest absolute Gasteiger partial charge is 0.377 e. The van der Waals surface area contributed by atoms with Gasteiger partial charge in [0, 0.05) is 12.6 Å². The van der Waals surface area contributed by atoms with Crippen LogP contribution in [0, 0.1) is 16.7 Å². The Hall–Kier alpha value is -1.61. The topological polar surface area (TPSA) is 82.4 Å². The maximum atomic E-state index is 12.8. The molecule has 0 aromatic carbocycles. The van der Waals surface area contributed by atoms with Gasteiger partial charge in [-0.2, -0.15) is 5.26 Å².